The highest BCUT2D eigenvalue weighted by atomic mass is 32.1. The average molecular weight is 1810 g/mol. The number of rotatable bonds is 52. The number of aliphatic hydroxyl groups excluding tert-OH is 3. The summed E-state index contributed by atoms with van der Waals surface area (Å²) in [4.78, 5) is 237. The highest BCUT2D eigenvalue weighted by molar-refractivity contribution is 7.80. The largest absolute Gasteiger partial charge is 0.508 e. The van der Waals surface area contributed by atoms with Crippen molar-refractivity contribution in [3.8, 4) is 11.5 Å². The molecule has 8 rings (SSSR count). The number of carbonyl (C=O) groups is 16. The number of aliphatic hydroxyl groups is 3. The minimum absolute atomic E-state index is 0.00922. The molecule has 0 unspecified atom stereocenters. The number of aromatic amines is 2. The van der Waals surface area contributed by atoms with Crippen molar-refractivity contribution >= 4 is 118 Å². The summed E-state index contributed by atoms with van der Waals surface area (Å²) in [5.74, 6) is -17.5. The van der Waals surface area contributed by atoms with Crippen LogP contribution in [0.5, 0.6) is 11.5 Å². The highest BCUT2D eigenvalue weighted by Crippen LogP contribution is 2.24. The first-order valence-corrected chi connectivity index (χ1v) is 42.2. The number of nitrogens with one attached hydrogen (secondary N) is 14. The third-order valence-corrected chi connectivity index (χ3v) is 21.6. The van der Waals surface area contributed by atoms with E-state index in [1.165, 1.54) is 61.1 Å². The molecule has 0 spiro atoms. The van der Waals surface area contributed by atoms with Crippen molar-refractivity contribution in [3.05, 3.63) is 186 Å². The van der Waals surface area contributed by atoms with Gasteiger partial charge in [-0.1, -0.05) is 103 Å². The van der Waals surface area contributed by atoms with E-state index in [4.69, 9.17) is 22.9 Å². The quantitative estimate of drug-likeness (QED) is 0.0125. The molecule has 692 valence electrons. The molecule has 7 aromatic rings. The van der Waals surface area contributed by atoms with Crippen LogP contribution in [0, 0.1) is 0 Å². The number of aromatic hydroxyl groups is 2. The second-order valence-electron chi connectivity index (χ2n) is 30.9. The summed E-state index contributed by atoms with van der Waals surface area (Å²) in [6.07, 6.45) is 0.911. The molecule has 42 nitrogen and oxygen atoms in total. The van der Waals surface area contributed by atoms with Crippen LogP contribution in [0.4, 0.5) is 0 Å². The van der Waals surface area contributed by atoms with Gasteiger partial charge >= 0.3 is 5.97 Å². The molecular formula is C86H110N20O22S. The molecule has 3 heterocycles. The van der Waals surface area contributed by atoms with Crippen LogP contribution in [0.2, 0.25) is 0 Å². The number of H-pyrrole nitrogens is 2. The van der Waals surface area contributed by atoms with E-state index >= 15 is 9.59 Å². The number of nitrogens with two attached hydrogens (primary N) is 4. The number of phenols is 2. The Morgan fingerprint density at radius 2 is 0.814 bits per heavy atom. The average Bonchev–Trinajstić information content (AvgIpc) is 1.74. The van der Waals surface area contributed by atoms with Gasteiger partial charge < -0.3 is 132 Å². The molecule has 43 heteroatoms. The van der Waals surface area contributed by atoms with E-state index in [1.807, 2.05) is 0 Å². The van der Waals surface area contributed by atoms with Gasteiger partial charge in [0.1, 0.15) is 90.0 Å². The zero-order valence-electron chi connectivity index (χ0n) is 70.2. The lowest BCUT2D eigenvalue weighted by molar-refractivity contribution is -0.142. The molecule has 1 fully saturated rings. The molecule has 2 aromatic heterocycles. The van der Waals surface area contributed by atoms with E-state index in [0.29, 0.717) is 46.0 Å². The van der Waals surface area contributed by atoms with Gasteiger partial charge in [-0.15, -0.1) is 0 Å². The van der Waals surface area contributed by atoms with Gasteiger partial charge in [0, 0.05) is 92.7 Å². The Morgan fingerprint density at radius 3 is 1.25 bits per heavy atom. The van der Waals surface area contributed by atoms with Crippen LogP contribution in [0.3, 0.4) is 0 Å². The SMILES string of the molecule is NCCCC[C@H](NC(=O)[C@H](Cc1c[nH]c2ccccc12)NC(=O)[C@H](Cc1ccccc1)NC(=O)[C@H](CCC(N)=O)NC(=O)[C@H](Cc1ccc(O)cc1)NC(=O)[C@H](CCC(N)=O)NC(=O)[C@H](CO)NC(=O)[C@H](Cc1ccc(O)cc1)NC(=O)[C@@H]1CCCN1C(=O)[C@H](Cc1ccccc1)NC(=O)[C@H](Cc1cnc[nH]1)NC(=O)[C@H](CO)NC(=O)[C@H](CO)NC(=O)[C@@H](N)CS)C(=O)O. The Labute approximate surface area is 745 Å². The first kappa shape index (κ1) is 101. The van der Waals surface area contributed by atoms with Crippen LogP contribution in [0.1, 0.15) is 91.3 Å². The fourth-order valence-corrected chi connectivity index (χ4v) is 14.3. The number of phenolic OH excluding ortho intramolecular Hbond substituents is 2. The van der Waals surface area contributed by atoms with Gasteiger partial charge in [0.05, 0.1) is 32.2 Å². The third kappa shape index (κ3) is 31.3. The van der Waals surface area contributed by atoms with Gasteiger partial charge in [0.15, 0.2) is 0 Å². The van der Waals surface area contributed by atoms with Gasteiger partial charge in [-0.05, 0) is 110 Å². The summed E-state index contributed by atoms with van der Waals surface area (Å²) in [6, 6.07) is 11.4. The van der Waals surface area contributed by atoms with Crippen LogP contribution < -0.4 is 86.7 Å². The molecule has 14 atom stereocenters. The molecule has 1 aliphatic heterocycles. The smallest absolute Gasteiger partial charge is 0.326 e. The van der Waals surface area contributed by atoms with Gasteiger partial charge in [-0.25, -0.2) is 9.78 Å². The minimum Gasteiger partial charge on any atom is -0.508 e. The van der Waals surface area contributed by atoms with Crippen molar-refractivity contribution < 1.29 is 107 Å². The number of primary amides is 2. The number of aliphatic carboxylic acids is 1. The normalized spacial score (nSPS) is 15.4. The number of unbranched alkanes of at least 4 members (excludes halogenated alkanes) is 1. The van der Waals surface area contributed by atoms with Crippen molar-refractivity contribution in [2.24, 2.45) is 22.9 Å². The molecule has 0 radical (unpaired) electrons. The second-order valence-corrected chi connectivity index (χ2v) is 31.2. The monoisotopic (exact) mass is 1810 g/mol. The Kier molecular flexibility index (Phi) is 39.3. The van der Waals surface area contributed by atoms with E-state index in [2.05, 4.69) is 91.4 Å². The van der Waals surface area contributed by atoms with Crippen molar-refractivity contribution in [1.82, 2.24) is 83.7 Å². The van der Waals surface area contributed by atoms with E-state index in [9.17, 15) is 97.8 Å². The predicted molar refractivity (Wildman–Crippen MR) is 467 cm³/mol. The molecule has 1 aliphatic rings. The zero-order chi connectivity index (χ0) is 93.8. The number of likely N-dealkylation sites (tertiary alicyclic amines) is 1. The minimum atomic E-state index is -2.01. The van der Waals surface area contributed by atoms with Crippen molar-refractivity contribution in [2.45, 2.75) is 181 Å². The molecule has 129 heavy (non-hydrogen) atoms. The predicted octanol–water partition coefficient (Wildman–Crippen LogP) is -5.15. The Morgan fingerprint density at radius 1 is 0.434 bits per heavy atom. The third-order valence-electron chi connectivity index (χ3n) is 21.2. The molecule has 0 aliphatic carbocycles. The summed E-state index contributed by atoms with van der Waals surface area (Å²) >= 11 is 3.96. The lowest BCUT2D eigenvalue weighted by Gasteiger charge is -2.31. The first-order chi connectivity index (χ1) is 61.8. The lowest BCUT2D eigenvalue weighted by Crippen LogP contribution is -2.62. The summed E-state index contributed by atoms with van der Waals surface area (Å²) in [5, 5.41) is 92.6. The van der Waals surface area contributed by atoms with Gasteiger partial charge in [0.25, 0.3) is 0 Å². The van der Waals surface area contributed by atoms with E-state index < -0.39 is 238 Å². The number of hydrogen-bond donors (Lipinski definition) is 25. The van der Waals surface area contributed by atoms with Crippen LogP contribution >= 0.6 is 12.6 Å². The second kappa shape index (κ2) is 50.5. The number of benzene rings is 5. The molecule has 0 bridgehead atoms. The molecule has 1 saturated heterocycles. The standard InChI is InChI=1S/C86H110N20O22S/c87-32-10-9-18-60(86(127)128)96-79(120)64(38-51-40-92-57-17-8-7-16-55(51)57)99-77(118)61(34-47-12-3-1-4-13-47)97-74(115)58(28-30-71(89)112)94-76(117)62(35-49-20-24-53(110)25-21-49)98-75(116)59(29-31-72(90)113)95-81(122)68(43-108)104-78(119)63(36-50-22-26-54(111)27-23-50)101-84(125)70-19-11-33-106(70)85(126)66(37-48-14-5-2-6-15-48)102-80(121)65(39-52-41-91-46-93-52)100-82(123)69(44-109)105-83(124)67(42-107)103-73(114)56(88)45-129/h1-8,12-17,20-27,40-41,46,56,58-70,92,107-111,129H,9-11,18-19,28-39,42-45,87-88H2,(H2,89,112)(H2,90,113)(H,91,93)(H,94,117)(H,95,122)(H,96,120)(H,97,115)(H,98,116)(H,99,118)(H,100,123)(H,101,125)(H,102,121)(H,103,114)(H,104,119)(H,105,124)(H,127,128)/t56-,58-,59-,60-,61-,62-,63-,64-,65-,66-,67-,68-,69-,70-/m0/s1. The van der Waals surface area contributed by atoms with Crippen molar-refractivity contribution in [2.75, 3.05) is 38.7 Å². The molecule has 0 saturated carbocycles. The fraction of sp³-hybridized carbons (Fsp3) is 0.407. The molecular weight excluding hydrogens is 1700 g/mol. The number of carboxylic acids is 1. The zero-order valence-corrected chi connectivity index (χ0v) is 71.1. The van der Waals surface area contributed by atoms with E-state index in [1.54, 1.807) is 91.1 Å². The summed E-state index contributed by atoms with van der Waals surface area (Å²) in [5.41, 5.74) is 25.6. The Hall–Kier alpha value is -13.9. The maximum atomic E-state index is 15.2. The number of hydrogen-bond acceptors (Lipinski definition) is 25. The van der Waals surface area contributed by atoms with Crippen LogP contribution in [0.25, 0.3) is 10.9 Å². The molecule has 15 amide bonds. The number of nitrogens with zero attached hydrogens (tertiary/aromatic N) is 2. The first-order valence-electron chi connectivity index (χ1n) is 41.6. The number of amides is 15. The topological polar surface area (TPSA) is 691 Å². The lowest BCUT2D eigenvalue weighted by atomic mass is 10.0. The number of para-hydroxylation sites is 1. The fourth-order valence-electron chi connectivity index (χ4n) is 14.1. The maximum absolute atomic E-state index is 15.2. The van der Waals surface area contributed by atoms with Gasteiger partial charge in [-0.3, -0.25) is 71.9 Å². The van der Waals surface area contributed by atoms with Crippen molar-refractivity contribution in [1.29, 1.82) is 0 Å². The summed E-state index contributed by atoms with van der Waals surface area (Å²) in [7, 11) is 0. The van der Waals surface area contributed by atoms with Crippen LogP contribution in [0.15, 0.2) is 152 Å². The summed E-state index contributed by atoms with van der Waals surface area (Å²) < 4.78 is 0. The number of thiol groups is 1. The Balaban J connectivity index is 1.02. The maximum Gasteiger partial charge on any atom is 0.326 e. The number of aromatic nitrogens is 3. The van der Waals surface area contributed by atoms with Gasteiger partial charge in [-0.2, -0.15) is 12.6 Å². The summed E-state index contributed by atoms with van der Waals surface area (Å²) in [6.45, 7) is -3.09. The van der Waals surface area contributed by atoms with Crippen LogP contribution in [-0.2, 0) is 115 Å². The number of imidazole rings is 1. The van der Waals surface area contributed by atoms with Gasteiger partial charge in [0.2, 0.25) is 88.6 Å². The number of carbonyl (C=O) groups excluding carboxylic acids is 15. The van der Waals surface area contributed by atoms with Crippen LogP contribution in [-0.4, -0.2) is 268 Å². The number of fused-ring (bicyclic) bond motifs is 1. The highest BCUT2D eigenvalue weighted by Gasteiger charge is 2.42. The van der Waals surface area contributed by atoms with E-state index in [-0.39, 0.29) is 86.5 Å². The number of carboxylic acid groups (broad SMARTS) is 1. The Bertz CT molecular complexity index is 5000. The van der Waals surface area contributed by atoms with E-state index in [0.717, 1.165) is 4.90 Å². The molecule has 28 N–H and O–H groups in total. The molecule has 5 aromatic carbocycles. The van der Waals surface area contributed by atoms with Crippen molar-refractivity contribution in [3.63, 3.8) is 0 Å².